The number of non-ortho nitro benzene ring substituents is 1. The van der Waals surface area contributed by atoms with Crippen LogP contribution in [0, 0.1) is 10.1 Å². The van der Waals surface area contributed by atoms with Gasteiger partial charge in [-0.3, -0.25) is 10.1 Å². The van der Waals surface area contributed by atoms with E-state index in [2.05, 4.69) is 10.2 Å². The molecule has 0 unspecified atom stereocenters. The van der Waals surface area contributed by atoms with Crippen molar-refractivity contribution in [2.45, 2.75) is 0 Å². The van der Waals surface area contributed by atoms with Crippen LogP contribution in [-0.2, 0) is 0 Å². The van der Waals surface area contributed by atoms with Gasteiger partial charge in [0.15, 0.2) is 0 Å². The average Bonchev–Trinajstić information content (AvgIpc) is 2.67. The zero-order valence-corrected chi connectivity index (χ0v) is 13.7. The zero-order chi connectivity index (χ0) is 18.4. The van der Waals surface area contributed by atoms with Gasteiger partial charge in [-0.05, 0) is 6.07 Å². The van der Waals surface area contributed by atoms with E-state index in [1.807, 2.05) is 60.7 Å². The van der Waals surface area contributed by atoms with Crippen LogP contribution in [0.4, 0.5) is 5.69 Å². The number of nitro groups is 1. The molecule has 0 aliphatic heterocycles. The highest BCUT2D eigenvalue weighted by Gasteiger charge is 2.09. The molecule has 128 valence electrons. The topological polar surface area (TPSA) is 88.1 Å². The molecule has 0 heterocycles. The molecular weight excluding hydrogens is 330 g/mol. The van der Waals surface area contributed by atoms with Gasteiger partial charge in [0.2, 0.25) is 0 Å². The lowest BCUT2D eigenvalue weighted by atomic mass is 10.0. The van der Waals surface area contributed by atoms with Crippen molar-refractivity contribution in [1.82, 2.24) is 0 Å². The first kappa shape index (κ1) is 17.0. The number of rotatable bonds is 5. The fourth-order valence-electron chi connectivity index (χ4n) is 2.38. The summed E-state index contributed by atoms with van der Waals surface area (Å²) in [6, 6.07) is 22.9. The minimum absolute atomic E-state index is 0.101. The highest BCUT2D eigenvalue weighted by Crippen LogP contribution is 2.21. The van der Waals surface area contributed by atoms with Gasteiger partial charge < -0.3 is 5.11 Å². The van der Waals surface area contributed by atoms with Crippen molar-refractivity contribution in [3.05, 3.63) is 106 Å². The van der Waals surface area contributed by atoms with Crippen molar-refractivity contribution in [3.63, 3.8) is 0 Å². The van der Waals surface area contributed by atoms with Crippen LogP contribution < -0.4 is 0 Å². The Bertz CT molecular complexity index is 927. The molecule has 0 fully saturated rings. The van der Waals surface area contributed by atoms with Gasteiger partial charge in [0.1, 0.15) is 11.5 Å². The zero-order valence-electron chi connectivity index (χ0n) is 13.7. The molecule has 26 heavy (non-hydrogen) atoms. The number of phenols is 1. The molecule has 6 nitrogen and oxygen atoms in total. The molecule has 3 rings (SSSR count). The van der Waals surface area contributed by atoms with Gasteiger partial charge in [0.25, 0.3) is 5.69 Å². The van der Waals surface area contributed by atoms with Crippen LogP contribution in [0.3, 0.4) is 0 Å². The number of hydrogen-bond acceptors (Lipinski definition) is 5. The summed E-state index contributed by atoms with van der Waals surface area (Å²) in [7, 11) is 0. The molecule has 1 N–H and O–H groups in total. The number of benzene rings is 3. The number of phenolic OH excluding ortho intramolecular Hbond substituents is 1. The summed E-state index contributed by atoms with van der Waals surface area (Å²) in [5, 5.41) is 29.0. The van der Waals surface area contributed by atoms with Crippen LogP contribution in [0.2, 0.25) is 0 Å². The summed E-state index contributed by atoms with van der Waals surface area (Å²) in [6.45, 7) is 0. The lowest BCUT2D eigenvalue weighted by molar-refractivity contribution is -0.384. The van der Waals surface area contributed by atoms with Crippen molar-refractivity contribution in [2.24, 2.45) is 10.2 Å². The van der Waals surface area contributed by atoms with E-state index in [0.717, 1.165) is 11.1 Å². The minimum Gasteiger partial charge on any atom is -0.507 e. The Labute approximate surface area is 149 Å². The van der Waals surface area contributed by atoms with Crippen LogP contribution >= 0.6 is 0 Å². The van der Waals surface area contributed by atoms with Crippen LogP contribution in [0.25, 0.3) is 0 Å². The van der Waals surface area contributed by atoms with Crippen molar-refractivity contribution >= 4 is 17.6 Å². The minimum atomic E-state index is -0.528. The predicted octanol–water partition coefficient (Wildman–Crippen LogP) is 4.17. The van der Waals surface area contributed by atoms with Gasteiger partial charge in [0, 0.05) is 28.8 Å². The third-order valence-electron chi connectivity index (χ3n) is 3.67. The van der Waals surface area contributed by atoms with Gasteiger partial charge in [0.05, 0.1) is 11.1 Å². The summed E-state index contributed by atoms with van der Waals surface area (Å²) in [5.41, 5.74) is 2.54. The molecule has 0 atom stereocenters. The predicted molar refractivity (Wildman–Crippen MR) is 101 cm³/mol. The SMILES string of the molecule is O=[N+]([O-])c1ccc(O)c(/C=N/N=C(c2ccccc2)c2ccccc2)c1. The number of nitrogens with zero attached hydrogens (tertiary/aromatic N) is 3. The van der Waals surface area contributed by atoms with E-state index in [0.29, 0.717) is 5.71 Å². The van der Waals surface area contributed by atoms with Crippen molar-refractivity contribution < 1.29 is 10.0 Å². The molecular formula is C20H15N3O3. The Morgan fingerprint density at radius 1 is 0.923 bits per heavy atom. The Morgan fingerprint density at radius 3 is 2.04 bits per heavy atom. The molecule has 0 spiro atoms. The van der Waals surface area contributed by atoms with E-state index in [9.17, 15) is 15.2 Å². The van der Waals surface area contributed by atoms with Gasteiger partial charge in [-0.15, -0.1) is 5.10 Å². The number of aromatic hydroxyl groups is 1. The van der Waals surface area contributed by atoms with E-state index in [1.54, 1.807) is 0 Å². The Kier molecular flexibility index (Phi) is 5.14. The van der Waals surface area contributed by atoms with Crippen molar-refractivity contribution in [1.29, 1.82) is 0 Å². The van der Waals surface area contributed by atoms with E-state index < -0.39 is 4.92 Å². The largest absolute Gasteiger partial charge is 0.507 e. The van der Waals surface area contributed by atoms with Crippen LogP contribution in [0.5, 0.6) is 5.75 Å². The van der Waals surface area contributed by atoms with Crippen molar-refractivity contribution in [2.75, 3.05) is 0 Å². The van der Waals surface area contributed by atoms with E-state index in [1.165, 1.54) is 24.4 Å². The molecule has 6 heteroatoms. The Balaban J connectivity index is 1.98. The second kappa shape index (κ2) is 7.85. The van der Waals surface area contributed by atoms with Gasteiger partial charge in [-0.1, -0.05) is 60.7 Å². The van der Waals surface area contributed by atoms with Crippen LogP contribution in [0.1, 0.15) is 16.7 Å². The standard InChI is InChI=1S/C20H15N3O3/c24-19-12-11-18(23(25)26)13-17(19)14-21-22-20(15-7-3-1-4-8-15)16-9-5-2-6-10-16/h1-14,24H/b21-14+. The third-order valence-corrected chi connectivity index (χ3v) is 3.67. The molecule has 0 saturated heterocycles. The average molecular weight is 345 g/mol. The first-order valence-electron chi connectivity index (χ1n) is 7.84. The molecule has 0 radical (unpaired) electrons. The maximum Gasteiger partial charge on any atom is 0.270 e. The Morgan fingerprint density at radius 2 is 1.50 bits per heavy atom. The smallest absolute Gasteiger partial charge is 0.270 e. The summed E-state index contributed by atoms with van der Waals surface area (Å²) in [4.78, 5) is 10.3. The first-order chi connectivity index (χ1) is 12.6. The summed E-state index contributed by atoms with van der Waals surface area (Å²) in [5.74, 6) is -0.101. The summed E-state index contributed by atoms with van der Waals surface area (Å²) in [6.07, 6.45) is 1.30. The molecule has 0 saturated carbocycles. The normalized spacial score (nSPS) is 10.6. The monoisotopic (exact) mass is 345 g/mol. The molecule has 0 aromatic heterocycles. The summed E-state index contributed by atoms with van der Waals surface area (Å²) >= 11 is 0. The molecule has 0 amide bonds. The highest BCUT2D eigenvalue weighted by molar-refractivity contribution is 6.13. The highest BCUT2D eigenvalue weighted by atomic mass is 16.6. The van der Waals surface area contributed by atoms with Crippen LogP contribution in [0.15, 0.2) is 89.1 Å². The van der Waals surface area contributed by atoms with Crippen LogP contribution in [-0.4, -0.2) is 22.0 Å². The second-order valence-corrected chi connectivity index (χ2v) is 5.43. The van der Waals surface area contributed by atoms with Gasteiger partial charge in [-0.25, -0.2) is 0 Å². The van der Waals surface area contributed by atoms with Crippen molar-refractivity contribution in [3.8, 4) is 5.75 Å². The Hall–Kier alpha value is -3.80. The van der Waals surface area contributed by atoms with Gasteiger partial charge in [-0.2, -0.15) is 5.10 Å². The molecule has 0 aliphatic rings. The van der Waals surface area contributed by atoms with Gasteiger partial charge >= 0.3 is 0 Å². The van der Waals surface area contributed by atoms with E-state index >= 15 is 0 Å². The quantitative estimate of drug-likeness (QED) is 0.427. The molecule has 3 aromatic rings. The van der Waals surface area contributed by atoms with E-state index in [4.69, 9.17) is 0 Å². The molecule has 3 aromatic carbocycles. The first-order valence-corrected chi connectivity index (χ1v) is 7.84. The lowest BCUT2D eigenvalue weighted by Gasteiger charge is -2.05. The molecule has 0 aliphatic carbocycles. The maximum atomic E-state index is 10.9. The summed E-state index contributed by atoms with van der Waals surface area (Å²) < 4.78 is 0. The second-order valence-electron chi connectivity index (χ2n) is 5.43. The third kappa shape index (κ3) is 3.99. The lowest BCUT2D eigenvalue weighted by Crippen LogP contribution is -2.02. The number of hydrogen-bond donors (Lipinski definition) is 1. The fourth-order valence-corrected chi connectivity index (χ4v) is 2.38. The maximum absolute atomic E-state index is 10.9. The fraction of sp³-hybridized carbons (Fsp3) is 0. The molecule has 0 bridgehead atoms. The number of nitro benzene ring substituents is 1. The van der Waals surface area contributed by atoms with E-state index in [-0.39, 0.29) is 17.0 Å².